The van der Waals surface area contributed by atoms with Crippen molar-refractivity contribution in [2.45, 2.75) is 32.7 Å². The van der Waals surface area contributed by atoms with E-state index < -0.39 is 17.9 Å². The van der Waals surface area contributed by atoms with Crippen molar-refractivity contribution in [2.24, 2.45) is 0 Å². The van der Waals surface area contributed by atoms with E-state index in [1.807, 2.05) is 13.8 Å². The van der Waals surface area contributed by atoms with Crippen LogP contribution in [0.5, 0.6) is 11.5 Å². The van der Waals surface area contributed by atoms with E-state index in [-0.39, 0.29) is 27.7 Å². The molecule has 0 spiro atoms. The van der Waals surface area contributed by atoms with Gasteiger partial charge in [-0.15, -0.1) is 0 Å². The molecule has 1 aromatic heterocycles. The van der Waals surface area contributed by atoms with Gasteiger partial charge in [0.05, 0.1) is 42.9 Å². The molecular weight excluding hydrogens is 534 g/mol. The molecule has 9 heteroatoms. The summed E-state index contributed by atoms with van der Waals surface area (Å²) in [5, 5.41) is 0.649. The van der Waals surface area contributed by atoms with Gasteiger partial charge in [-0.05, 0) is 73.5 Å². The number of carbonyl (C=O) groups excluding carboxylic acids is 2. The number of nitrogens with zero attached hydrogens (tertiary/aromatic N) is 1. The summed E-state index contributed by atoms with van der Waals surface area (Å²) >= 11 is 6.19. The second-order valence-electron chi connectivity index (χ2n) is 9.27. The van der Waals surface area contributed by atoms with Crippen LogP contribution in [0.3, 0.4) is 0 Å². The largest absolute Gasteiger partial charge is 0.493 e. The van der Waals surface area contributed by atoms with Gasteiger partial charge in [-0.25, -0.2) is 4.79 Å². The maximum Gasteiger partial charge on any atom is 0.338 e. The van der Waals surface area contributed by atoms with Crippen molar-refractivity contribution in [3.63, 3.8) is 0 Å². The van der Waals surface area contributed by atoms with Gasteiger partial charge in [-0.2, -0.15) is 0 Å². The average molecular weight is 562 g/mol. The maximum atomic E-state index is 13.9. The number of hydrogen-bond acceptors (Lipinski definition) is 7. The van der Waals surface area contributed by atoms with Gasteiger partial charge in [0.1, 0.15) is 5.58 Å². The van der Waals surface area contributed by atoms with Crippen LogP contribution in [0.15, 0.2) is 69.9 Å². The van der Waals surface area contributed by atoms with Crippen LogP contribution in [-0.2, 0) is 4.74 Å². The lowest BCUT2D eigenvalue weighted by Crippen LogP contribution is -2.29. The second kappa shape index (κ2) is 11.4. The number of anilines is 1. The molecule has 206 valence electrons. The van der Waals surface area contributed by atoms with E-state index in [9.17, 15) is 14.4 Å². The van der Waals surface area contributed by atoms with Crippen molar-refractivity contribution >= 4 is 40.1 Å². The topological polar surface area (TPSA) is 95.3 Å². The average Bonchev–Trinajstić information content (AvgIpc) is 3.26. The van der Waals surface area contributed by atoms with Gasteiger partial charge < -0.3 is 18.6 Å². The minimum absolute atomic E-state index is 0.0549. The Morgan fingerprint density at radius 2 is 1.77 bits per heavy atom. The molecule has 0 aliphatic carbocycles. The number of methoxy groups -OCH3 is 1. The first-order valence-corrected chi connectivity index (χ1v) is 13.4. The summed E-state index contributed by atoms with van der Waals surface area (Å²) in [5.41, 5.74) is 1.54. The lowest BCUT2D eigenvalue weighted by Gasteiger charge is -2.26. The van der Waals surface area contributed by atoms with Crippen LogP contribution in [0.25, 0.3) is 11.0 Å². The van der Waals surface area contributed by atoms with Gasteiger partial charge in [0.2, 0.25) is 5.76 Å². The molecular formula is C31H28ClNO7. The van der Waals surface area contributed by atoms with Crippen LogP contribution in [0.1, 0.15) is 64.8 Å². The number of esters is 1. The van der Waals surface area contributed by atoms with Crippen molar-refractivity contribution in [3.05, 3.63) is 98.4 Å². The Morgan fingerprint density at radius 1 is 1.00 bits per heavy atom. The molecule has 5 rings (SSSR count). The van der Waals surface area contributed by atoms with E-state index in [4.69, 9.17) is 30.2 Å². The van der Waals surface area contributed by atoms with Crippen molar-refractivity contribution in [1.82, 2.24) is 0 Å². The van der Waals surface area contributed by atoms with Gasteiger partial charge in [-0.1, -0.05) is 31.0 Å². The van der Waals surface area contributed by atoms with Crippen LogP contribution < -0.4 is 19.8 Å². The summed E-state index contributed by atoms with van der Waals surface area (Å²) in [4.78, 5) is 41.7. The lowest BCUT2D eigenvalue weighted by atomic mass is 9.97. The van der Waals surface area contributed by atoms with Crippen molar-refractivity contribution in [2.75, 3.05) is 25.2 Å². The first-order valence-electron chi connectivity index (χ1n) is 13.1. The Labute approximate surface area is 236 Å². The molecule has 4 aromatic rings. The highest BCUT2D eigenvalue weighted by Crippen LogP contribution is 2.43. The summed E-state index contributed by atoms with van der Waals surface area (Å²) in [5.74, 6) is 0.0105. The van der Waals surface area contributed by atoms with Crippen molar-refractivity contribution in [1.29, 1.82) is 0 Å². The Morgan fingerprint density at radius 3 is 2.48 bits per heavy atom. The highest BCUT2D eigenvalue weighted by molar-refractivity contribution is 6.31. The summed E-state index contributed by atoms with van der Waals surface area (Å²) in [6, 6.07) is 15.6. The first-order chi connectivity index (χ1) is 19.4. The van der Waals surface area contributed by atoms with Crippen LogP contribution in [0, 0.1) is 0 Å². The molecule has 3 aromatic carbocycles. The summed E-state index contributed by atoms with van der Waals surface area (Å²) in [7, 11) is 1.52. The molecule has 0 saturated heterocycles. The third-order valence-electron chi connectivity index (χ3n) is 6.75. The second-order valence-corrected chi connectivity index (χ2v) is 9.71. The van der Waals surface area contributed by atoms with Crippen molar-refractivity contribution < 1.29 is 28.2 Å². The number of carbonyl (C=O) groups is 2. The third kappa shape index (κ3) is 4.91. The maximum absolute atomic E-state index is 13.9. The fraction of sp³-hybridized carbons (Fsp3) is 0.258. The molecule has 1 amide bonds. The molecule has 1 atom stereocenters. The zero-order valence-electron chi connectivity index (χ0n) is 22.4. The molecule has 1 aliphatic heterocycles. The highest BCUT2D eigenvalue weighted by atomic mass is 35.5. The molecule has 0 fully saturated rings. The van der Waals surface area contributed by atoms with Crippen LogP contribution in [0.4, 0.5) is 5.69 Å². The number of ether oxygens (including phenoxy) is 3. The van der Waals surface area contributed by atoms with E-state index in [0.29, 0.717) is 46.5 Å². The van der Waals surface area contributed by atoms with Crippen LogP contribution >= 0.6 is 11.6 Å². The normalized spacial score (nSPS) is 14.3. The quantitative estimate of drug-likeness (QED) is 0.169. The SMILES string of the molecule is CCCCOC(=O)c1ccc(N2C(=O)c3oc4ccc(Cl)cc4c(=O)c3C2c2ccc(OCC)c(OC)c2)cc1. The predicted molar refractivity (Wildman–Crippen MR) is 152 cm³/mol. The fourth-order valence-electron chi connectivity index (χ4n) is 4.81. The van der Waals surface area contributed by atoms with E-state index in [2.05, 4.69) is 0 Å². The van der Waals surface area contributed by atoms with Gasteiger partial charge >= 0.3 is 5.97 Å². The predicted octanol–water partition coefficient (Wildman–Crippen LogP) is 6.56. The number of hydrogen-bond donors (Lipinski definition) is 0. The highest BCUT2D eigenvalue weighted by Gasteiger charge is 2.44. The molecule has 40 heavy (non-hydrogen) atoms. The van der Waals surface area contributed by atoms with E-state index in [0.717, 1.165) is 12.8 Å². The molecule has 0 saturated carbocycles. The summed E-state index contributed by atoms with van der Waals surface area (Å²) in [6.07, 6.45) is 1.69. The number of unbranched alkanes of at least 4 members (excludes halogenated alkanes) is 1. The van der Waals surface area contributed by atoms with Gasteiger partial charge in [0.25, 0.3) is 5.91 Å². The number of benzene rings is 3. The standard InChI is InChI=1S/C31H28ClNO7/c1-4-6-15-39-31(36)18-7-11-21(12-8-18)33-27(19-9-13-24(38-5-2)25(16-19)37-3)26-28(34)22-17-20(32)10-14-23(22)40-29(26)30(33)35/h7-14,16-17,27H,4-6,15H2,1-3H3. The number of fused-ring (bicyclic) bond motifs is 2. The monoisotopic (exact) mass is 561 g/mol. The number of rotatable bonds is 9. The van der Waals surface area contributed by atoms with E-state index in [1.165, 1.54) is 18.1 Å². The minimum Gasteiger partial charge on any atom is -0.493 e. The van der Waals surface area contributed by atoms with Gasteiger partial charge in [0, 0.05) is 10.7 Å². The molecule has 2 heterocycles. The molecule has 1 aliphatic rings. The van der Waals surface area contributed by atoms with Gasteiger partial charge in [-0.3, -0.25) is 14.5 Å². The number of halogens is 1. The van der Waals surface area contributed by atoms with Crippen LogP contribution in [0.2, 0.25) is 5.02 Å². The van der Waals surface area contributed by atoms with E-state index in [1.54, 1.807) is 54.6 Å². The summed E-state index contributed by atoms with van der Waals surface area (Å²) < 4.78 is 22.5. The smallest absolute Gasteiger partial charge is 0.338 e. The molecule has 1 unspecified atom stereocenters. The molecule has 0 radical (unpaired) electrons. The fourth-order valence-corrected chi connectivity index (χ4v) is 4.98. The first kappa shape index (κ1) is 27.3. The Bertz CT molecular complexity index is 1640. The van der Waals surface area contributed by atoms with Crippen molar-refractivity contribution in [3.8, 4) is 11.5 Å². The third-order valence-corrected chi connectivity index (χ3v) is 6.98. The molecule has 0 bridgehead atoms. The van der Waals surface area contributed by atoms with E-state index >= 15 is 0 Å². The molecule has 8 nitrogen and oxygen atoms in total. The number of amides is 1. The Hall–Kier alpha value is -4.30. The lowest BCUT2D eigenvalue weighted by molar-refractivity contribution is 0.0499. The Kier molecular flexibility index (Phi) is 7.80. The molecule has 0 N–H and O–H groups in total. The zero-order valence-corrected chi connectivity index (χ0v) is 23.1. The van der Waals surface area contributed by atoms with Crippen LogP contribution in [-0.4, -0.2) is 32.2 Å². The van der Waals surface area contributed by atoms with Gasteiger partial charge in [0.15, 0.2) is 16.9 Å². The zero-order chi connectivity index (χ0) is 28.4. The Balaban J connectivity index is 1.65. The summed E-state index contributed by atoms with van der Waals surface area (Å²) in [6.45, 7) is 4.66. The minimum atomic E-state index is -0.839.